The van der Waals surface area contributed by atoms with E-state index in [1.807, 2.05) is 6.07 Å². The molecule has 0 unspecified atom stereocenters. The Kier molecular flexibility index (Phi) is 6.56. The number of rotatable bonds is 5. The van der Waals surface area contributed by atoms with E-state index >= 15 is 0 Å². The number of benzene rings is 3. The Morgan fingerprint density at radius 3 is 2.24 bits per heavy atom. The number of carboxylic acids is 1. The summed E-state index contributed by atoms with van der Waals surface area (Å²) in [4.78, 5) is 29.0. The van der Waals surface area contributed by atoms with Gasteiger partial charge in [0.2, 0.25) is 0 Å². The Hall–Kier alpha value is -3.51. The predicted molar refractivity (Wildman–Crippen MR) is 133 cm³/mol. The second-order valence-corrected chi connectivity index (χ2v) is 8.63. The van der Waals surface area contributed by atoms with Gasteiger partial charge in [0.05, 0.1) is 11.3 Å². The molecule has 0 bridgehead atoms. The van der Waals surface area contributed by atoms with Crippen LogP contribution in [-0.2, 0) is 0 Å². The standard InChI is InChI=1S/C26H26ClN3O3/c1-17-4-3-5-24(18(17)2)30-14-12-29(13-15-30)21-10-11-23(22(16-21)26(32)33)28-25(31)19-6-8-20(27)9-7-19/h3-11,16H,12-15H2,1-2H3,(H,28,31)(H,32,33). The third-order valence-corrected chi connectivity index (χ3v) is 6.40. The number of carbonyl (C=O) groups excluding carboxylic acids is 1. The van der Waals surface area contributed by atoms with Gasteiger partial charge in [-0.15, -0.1) is 0 Å². The highest BCUT2D eigenvalue weighted by Gasteiger charge is 2.21. The average molecular weight is 464 g/mol. The van der Waals surface area contributed by atoms with E-state index in [1.165, 1.54) is 16.8 Å². The molecule has 0 spiro atoms. The van der Waals surface area contributed by atoms with Crippen molar-refractivity contribution >= 4 is 40.5 Å². The van der Waals surface area contributed by atoms with Gasteiger partial charge in [-0.3, -0.25) is 4.79 Å². The molecule has 33 heavy (non-hydrogen) atoms. The third-order valence-electron chi connectivity index (χ3n) is 6.15. The number of aryl methyl sites for hydroxylation is 1. The molecular formula is C26H26ClN3O3. The smallest absolute Gasteiger partial charge is 0.337 e. The zero-order valence-corrected chi connectivity index (χ0v) is 19.4. The molecule has 7 heteroatoms. The number of aromatic carboxylic acids is 1. The fraction of sp³-hybridized carbons (Fsp3) is 0.231. The molecule has 6 nitrogen and oxygen atoms in total. The minimum atomic E-state index is -1.09. The number of amides is 1. The van der Waals surface area contributed by atoms with Crippen molar-refractivity contribution in [3.8, 4) is 0 Å². The Morgan fingerprint density at radius 2 is 1.58 bits per heavy atom. The van der Waals surface area contributed by atoms with E-state index in [9.17, 15) is 14.7 Å². The maximum absolute atomic E-state index is 12.5. The molecule has 1 fully saturated rings. The lowest BCUT2D eigenvalue weighted by Crippen LogP contribution is -2.46. The number of nitrogens with one attached hydrogen (secondary N) is 1. The molecule has 0 aliphatic carbocycles. The lowest BCUT2D eigenvalue weighted by atomic mass is 10.1. The second-order valence-electron chi connectivity index (χ2n) is 8.19. The van der Waals surface area contributed by atoms with Gasteiger partial charge in [-0.1, -0.05) is 23.7 Å². The highest BCUT2D eigenvalue weighted by molar-refractivity contribution is 6.30. The zero-order chi connectivity index (χ0) is 23.5. The number of halogens is 1. The lowest BCUT2D eigenvalue weighted by Gasteiger charge is -2.38. The Labute approximate surface area is 198 Å². The molecule has 1 amide bonds. The molecular weight excluding hydrogens is 438 g/mol. The summed E-state index contributed by atoms with van der Waals surface area (Å²) in [5, 5.41) is 13.0. The summed E-state index contributed by atoms with van der Waals surface area (Å²) in [5.74, 6) is -1.47. The van der Waals surface area contributed by atoms with Gasteiger partial charge < -0.3 is 20.2 Å². The van der Waals surface area contributed by atoms with E-state index in [-0.39, 0.29) is 17.2 Å². The van der Waals surface area contributed by atoms with Crippen molar-refractivity contribution in [2.75, 3.05) is 41.3 Å². The van der Waals surface area contributed by atoms with Crippen LogP contribution < -0.4 is 15.1 Å². The molecule has 0 radical (unpaired) electrons. The van der Waals surface area contributed by atoms with E-state index in [0.29, 0.717) is 10.6 Å². The highest BCUT2D eigenvalue weighted by Crippen LogP contribution is 2.28. The molecule has 1 aliphatic heterocycles. The first-order valence-electron chi connectivity index (χ1n) is 10.8. The van der Waals surface area contributed by atoms with Crippen LogP contribution in [-0.4, -0.2) is 43.2 Å². The SMILES string of the molecule is Cc1cccc(N2CCN(c3ccc(NC(=O)c4ccc(Cl)cc4)c(C(=O)O)c3)CC2)c1C. The van der Waals surface area contributed by atoms with E-state index in [2.05, 4.69) is 47.2 Å². The maximum atomic E-state index is 12.5. The quantitative estimate of drug-likeness (QED) is 0.541. The number of anilines is 3. The molecule has 170 valence electrons. The van der Waals surface area contributed by atoms with Crippen LogP contribution in [0.25, 0.3) is 0 Å². The van der Waals surface area contributed by atoms with Crippen molar-refractivity contribution in [3.63, 3.8) is 0 Å². The summed E-state index contributed by atoms with van der Waals surface area (Å²) in [7, 11) is 0. The summed E-state index contributed by atoms with van der Waals surface area (Å²) in [6, 6.07) is 17.9. The van der Waals surface area contributed by atoms with E-state index < -0.39 is 5.97 Å². The van der Waals surface area contributed by atoms with Crippen LogP contribution in [0.15, 0.2) is 60.7 Å². The van der Waals surface area contributed by atoms with Crippen molar-refractivity contribution in [3.05, 3.63) is 87.9 Å². The topological polar surface area (TPSA) is 72.9 Å². The lowest BCUT2D eigenvalue weighted by molar-refractivity contribution is 0.0698. The number of hydrogen-bond donors (Lipinski definition) is 2. The van der Waals surface area contributed by atoms with Gasteiger partial charge in [0.1, 0.15) is 0 Å². The average Bonchev–Trinajstić information content (AvgIpc) is 2.81. The minimum absolute atomic E-state index is 0.0618. The normalized spacial score (nSPS) is 13.7. The highest BCUT2D eigenvalue weighted by atomic mass is 35.5. The van der Waals surface area contributed by atoms with Gasteiger partial charge in [-0.2, -0.15) is 0 Å². The monoisotopic (exact) mass is 463 g/mol. The molecule has 0 saturated carbocycles. The first kappa shape index (κ1) is 22.7. The Morgan fingerprint density at radius 1 is 0.909 bits per heavy atom. The van der Waals surface area contributed by atoms with Crippen LogP contribution in [0.4, 0.5) is 17.1 Å². The molecule has 3 aromatic rings. The van der Waals surface area contributed by atoms with Crippen LogP contribution >= 0.6 is 11.6 Å². The molecule has 3 aromatic carbocycles. The second kappa shape index (κ2) is 9.55. The van der Waals surface area contributed by atoms with E-state index in [4.69, 9.17) is 11.6 Å². The maximum Gasteiger partial charge on any atom is 0.337 e. The van der Waals surface area contributed by atoms with Crippen molar-refractivity contribution in [1.29, 1.82) is 0 Å². The number of nitrogens with zero attached hydrogens (tertiary/aromatic N) is 2. The molecule has 0 aromatic heterocycles. The number of carbonyl (C=O) groups is 2. The Balaban J connectivity index is 1.49. The fourth-order valence-electron chi connectivity index (χ4n) is 4.09. The van der Waals surface area contributed by atoms with Gasteiger partial charge in [-0.05, 0) is 73.5 Å². The Bertz CT molecular complexity index is 1190. The van der Waals surface area contributed by atoms with Gasteiger partial charge in [0.25, 0.3) is 5.91 Å². The van der Waals surface area contributed by atoms with Crippen molar-refractivity contribution in [2.45, 2.75) is 13.8 Å². The molecule has 0 atom stereocenters. The summed E-state index contributed by atoms with van der Waals surface area (Å²) in [6.07, 6.45) is 0. The van der Waals surface area contributed by atoms with Gasteiger partial charge in [-0.25, -0.2) is 4.79 Å². The predicted octanol–water partition coefficient (Wildman–Crippen LogP) is 5.23. The fourth-order valence-corrected chi connectivity index (χ4v) is 4.22. The van der Waals surface area contributed by atoms with Crippen LogP contribution in [0.5, 0.6) is 0 Å². The largest absolute Gasteiger partial charge is 0.478 e. The number of hydrogen-bond acceptors (Lipinski definition) is 4. The first-order valence-corrected chi connectivity index (χ1v) is 11.2. The van der Waals surface area contributed by atoms with Crippen LogP contribution in [0.2, 0.25) is 5.02 Å². The minimum Gasteiger partial charge on any atom is -0.478 e. The van der Waals surface area contributed by atoms with Crippen LogP contribution in [0.3, 0.4) is 0 Å². The summed E-state index contributed by atoms with van der Waals surface area (Å²) >= 11 is 5.88. The summed E-state index contributed by atoms with van der Waals surface area (Å²) < 4.78 is 0. The summed E-state index contributed by atoms with van der Waals surface area (Å²) in [6.45, 7) is 7.53. The van der Waals surface area contributed by atoms with Crippen LogP contribution in [0, 0.1) is 13.8 Å². The van der Waals surface area contributed by atoms with Gasteiger partial charge in [0, 0.05) is 48.1 Å². The first-order chi connectivity index (χ1) is 15.8. The number of carboxylic acid groups (broad SMARTS) is 1. The van der Waals surface area contributed by atoms with Crippen molar-refractivity contribution in [2.24, 2.45) is 0 Å². The van der Waals surface area contributed by atoms with Gasteiger partial charge in [0.15, 0.2) is 0 Å². The third kappa shape index (κ3) is 4.96. The van der Waals surface area contributed by atoms with E-state index in [1.54, 1.807) is 36.4 Å². The van der Waals surface area contributed by atoms with E-state index in [0.717, 1.165) is 31.9 Å². The molecule has 1 aliphatic rings. The molecule has 4 rings (SSSR count). The van der Waals surface area contributed by atoms with Crippen molar-refractivity contribution in [1.82, 2.24) is 0 Å². The molecule has 1 saturated heterocycles. The number of piperazine rings is 1. The summed E-state index contributed by atoms with van der Waals surface area (Å²) in [5.41, 5.74) is 5.38. The van der Waals surface area contributed by atoms with Crippen molar-refractivity contribution < 1.29 is 14.7 Å². The molecule has 2 N–H and O–H groups in total. The molecule has 1 heterocycles. The van der Waals surface area contributed by atoms with Crippen LogP contribution in [0.1, 0.15) is 31.8 Å². The zero-order valence-electron chi connectivity index (χ0n) is 18.6. The van der Waals surface area contributed by atoms with Gasteiger partial charge >= 0.3 is 5.97 Å².